The molecule has 0 atom stereocenters. The van der Waals surface area contributed by atoms with E-state index in [0.29, 0.717) is 11.3 Å². The summed E-state index contributed by atoms with van der Waals surface area (Å²) in [5.41, 5.74) is -12.7. The van der Waals surface area contributed by atoms with Gasteiger partial charge in [-0.05, 0) is 12.1 Å². The summed E-state index contributed by atoms with van der Waals surface area (Å²) < 4.78 is 301. The average Bonchev–Trinajstić information content (AvgIpc) is 3.34. The predicted molar refractivity (Wildman–Crippen MR) is 200 cm³/mol. The maximum atomic E-state index is 15.4. The average molecular weight is 1020 g/mol. The number of Topliss-reactive ketones (excluding diaryl/α,β-unsaturated/α-hetero) is 1. The third kappa shape index (κ3) is 8.24. The summed E-state index contributed by atoms with van der Waals surface area (Å²) >= 11 is 5.50. The van der Waals surface area contributed by atoms with Crippen molar-refractivity contribution in [2.75, 3.05) is 6.07 Å². The number of esters is 1. The Hall–Kier alpha value is -7.18. The lowest BCUT2D eigenvalue weighted by atomic mass is 9.12. The number of fused-ring (bicyclic) bond motifs is 1. The third-order valence-electron chi connectivity index (χ3n) is 10.4. The Morgan fingerprint density at radius 2 is 0.710 bits per heavy atom. The molecule has 0 aliphatic carbocycles. The number of para-hydroxylation sites is 1. The molecule has 0 unspecified atom stereocenters. The van der Waals surface area contributed by atoms with Gasteiger partial charge in [-0.1, -0.05) is 54.1 Å². The van der Waals surface area contributed by atoms with Crippen molar-refractivity contribution < 1.29 is 107 Å². The summed E-state index contributed by atoms with van der Waals surface area (Å²) in [7, 11) is 0. The summed E-state index contributed by atoms with van der Waals surface area (Å²) in [6.07, 6.45) is -7.22. The molecule has 6 aromatic carbocycles. The van der Waals surface area contributed by atoms with Crippen molar-refractivity contribution in [3.63, 3.8) is 0 Å². The first-order valence-electron chi connectivity index (χ1n) is 18.4. The number of rotatable bonds is 9. The van der Waals surface area contributed by atoms with Crippen molar-refractivity contribution in [3.05, 3.63) is 194 Å². The van der Waals surface area contributed by atoms with Gasteiger partial charge in [0.1, 0.15) is 52.7 Å². The van der Waals surface area contributed by atoms with Crippen LogP contribution >= 0.6 is 11.6 Å². The van der Waals surface area contributed by atoms with Crippen LogP contribution in [0.4, 0.5) is 87.8 Å². The molecule has 0 aliphatic heterocycles. The van der Waals surface area contributed by atoms with E-state index in [4.69, 9.17) is 16.3 Å². The van der Waals surface area contributed by atoms with Gasteiger partial charge in [0.05, 0.1) is 0 Å². The van der Waals surface area contributed by atoms with Crippen LogP contribution in [0.3, 0.4) is 0 Å². The van der Waals surface area contributed by atoms with Crippen molar-refractivity contribution in [1.82, 2.24) is 0 Å². The van der Waals surface area contributed by atoms with Crippen molar-refractivity contribution in [2.24, 2.45) is 0 Å². The maximum Gasteiger partial charge on any atom is 0.404 e. The number of halogens is 21. The molecule has 7 rings (SSSR count). The molecule has 0 aliphatic rings. The Balaban J connectivity index is 0.000000273. The quantitative estimate of drug-likeness (QED) is 0.0212. The van der Waals surface area contributed by atoms with E-state index in [0.717, 1.165) is 10.9 Å². The van der Waals surface area contributed by atoms with Gasteiger partial charge in [-0.2, -0.15) is 4.57 Å². The van der Waals surface area contributed by atoms with E-state index in [1.54, 1.807) is 22.8 Å². The second-order valence-electron chi connectivity index (χ2n) is 14.0. The molecule has 7 aromatic rings. The van der Waals surface area contributed by atoms with Crippen molar-refractivity contribution in [1.29, 1.82) is 0 Å². The number of carbonyl (C=O) groups excluding carboxylic acids is 2. The monoisotopic (exact) mass is 1020 g/mol. The van der Waals surface area contributed by atoms with E-state index in [1.165, 1.54) is 0 Å². The van der Waals surface area contributed by atoms with E-state index >= 15 is 35.1 Å². The number of ether oxygens (including phenoxy) is 1. The molecule has 69 heavy (non-hydrogen) atoms. The zero-order valence-electron chi connectivity index (χ0n) is 33.0. The Morgan fingerprint density at radius 1 is 0.406 bits per heavy atom. The first-order valence-corrected chi connectivity index (χ1v) is 18.9. The fourth-order valence-electron chi connectivity index (χ4n) is 7.47. The van der Waals surface area contributed by atoms with Crippen LogP contribution in [0.15, 0.2) is 66.7 Å². The molecule has 0 amide bonds. The van der Waals surface area contributed by atoms with Gasteiger partial charge in [0, 0.05) is 23.1 Å². The van der Waals surface area contributed by atoms with E-state index in [1.807, 2.05) is 48.5 Å². The van der Waals surface area contributed by atoms with E-state index in [2.05, 4.69) is 0 Å². The molecule has 360 valence electrons. The third-order valence-corrected chi connectivity index (χ3v) is 10.5. The minimum atomic E-state index is -7.22. The molecule has 0 fully saturated rings. The van der Waals surface area contributed by atoms with Crippen LogP contribution in [0.25, 0.3) is 10.9 Å². The molecule has 0 saturated heterocycles. The Morgan fingerprint density at radius 3 is 1.04 bits per heavy atom. The van der Waals surface area contributed by atoms with Crippen LogP contribution in [0, 0.1) is 116 Å². The lowest BCUT2D eigenvalue weighted by Gasteiger charge is -2.44. The summed E-state index contributed by atoms with van der Waals surface area (Å²) in [5, 5.41) is 0.931. The zero-order valence-corrected chi connectivity index (χ0v) is 33.7. The fraction of sp³-hybridized carbons (Fsp3) is 0.0465. The van der Waals surface area contributed by atoms with Crippen LogP contribution in [0.5, 0.6) is 0 Å². The van der Waals surface area contributed by atoms with Gasteiger partial charge in [0.2, 0.25) is 17.8 Å². The number of ketones is 1. The van der Waals surface area contributed by atoms with Gasteiger partial charge in [0.15, 0.2) is 75.9 Å². The van der Waals surface area contributed by atoms with E-state index in [9.17, 15) is 62.3 Å². The minimum absolute atomic E-state index is 0.0398. The number of benzene rings is 6. The molecule has 1 aromatic heterocycles. The van der Waals surface area contributed by atoms with Gasteiger partial charge in [-0.3, -0.25) is 4.79 Å². The summed E-state index contributed by atoms with van der Waals surface area (Å²) in [6, 6.07) is 19.8. The van der Waals surface area contributed by atoms with Gasteiger partial charge in [-0.15, -0.1) is 21.9 Å². The molecule has 1 heterocycles. The van der Waals surface area contributed by atoms with E-state index in [-0.39, 0.29) is 18.4 Å². The smallest absolute Gasteiger partial charge is 0.404 e. The molecule has 0 N–H and O–H groups in total. The van der Waals surface area contributed by atoms with Crippen LogP contribution in [-0.2, 0) is 11.3 Å². The standard InChI is InChI=1S/C24BF20.C19H15ClNO3/c26-5-1(6(27)14(35)21(42)13(5)34)25(2-7(28)15(36)22(43)16(37)8(2)29,3-9(30)17(38)23(44)18(39)10(3)31)4-11(32)19(40)24(45)20(41)12(4)33;20-13-24-19(23)17-11-10-14-6-4-5-9-16(14)21(17)12-18(22)15-7-2-1-3-8-15/h;1-11H,12-13H2/q-1;+1. The summed E-state index contributed by atoms with van der Waals surface area (Å²) in [4.78, 5) is 24.8. The number of nitrogens with zero attached hydrogens (tertiary/aromatic N) is 1. The lowest BCUT2D eigenvalue weighted by Crippen LogP contribution is -2.81. The molecule has 0 spiro atoms. The first-order chi connectivity index (χ1) is 32.4. The van der Waals surface area contributed by atoms with Crippen LogP contribution in [0.2, 0.25) is 0 Å². The SMILES string of the molecule is Fc1c(F)c(F)c([B-](c2c(F)c(F)c(F)c(F)c2F)(c2c(F)c(F)c(F)c(F)c2F)c2c(F)c(F)c(F)c(F)c2F)c(F)c1F.O=C(C[n+]1c(C(=O)OCCl)ccc2ccccc21)c1ccccc1. The summed E-state index contributed by atoms with van der Waals surface area (Å²) in [5.74, 6) is -72.0. The van der Waals surface area contributed by atoms with Gasteiger partial charge in [-0.25, -0.2) is 92.6 Å². The highest BCUT2D eigenvalue weighted by Crippen LogP contribution is 2.31. The van der Waals surface area contributed by atoms with Crippen molar-refractivity contribution in [2.45, 2.75) is 6.54 Å². The molecular weight excluding hydrogens is 1000 g/mol. The Labute approximate surface area is 375 Å². The maximum absolute atomic E-state index is 15.4. The molecule has 26 heteroatoms. The Kier molecular flexibility index (Phi) is 14.4. The highest BCUT2D eigenvalue weighted by Gasteiger charge is 2.52. The van der Waals surface area contributed by atoms with Crippen molar-refractivity contribution >= 4 is 62.3 Å². The minimum Gasteiger partial charge on any atom is -0.441 e. The molecular formula is C43H15BClF20NO3. The van der Waals surface area contributed by atoms with Gasteiger partial charge < -0.3 is 4.74 Å². The molecule has 0 saturated carbocycles. The molecule has 0 radical (unpaired) electrons. The second kappa shape index (κ2) is 19.4. The Bertz CT molecular complexity index is 2890. The number of hydrogen-bond donors (Lipinski definition) is 0. The van der Waals surface area contributed by atoms with E-state index < -0.39 is 150 Å². The second-order valence-corrected chi connectivity index (χ2v) is 14.2. The van der Waals surface area contributed by atoms with Gasteiger partial charge in [0.25, 0.3) is 5.69 Å². The normalized spacial score (nSPS) is 11.5. The number of aromatic nitrogens is 1. The zero-order chi connectivity index (χ0) is 51.3. The van der Waals surface area contributed by atoms with Crippen LogP contribution in [-0.4, -0.2) is 24.0 Å². The highest BCUT2D eigenvalue weighted by molar-refractivity contribution is 7.20. The molecule has 0 bridgehead atoms. The lowest BCUT2D eigenvalue weighted by molar-refractivity contribution is -0.659. The number of hydrogen-bond acceptors (Lipinski definition) is 3. The number of pyridine rings is 1. The number of alkyl halides is 1. The first kappa shape index (κ1) is 51.2. The fourth-order valence-corrected chi connectivity index (χ4v) is 7.57. The van der Waals surface area contributed by atoms with Crippen LogP contribution in [0.1, 0.15) is 20.8 Å². The molecule has 4 nitrogen and oxygen atoms in total. The van der Waals surface area contributed by atoms with Crippen molar-refractivity contribution in [3.8, 4) is 0 Å². The predicted octanol–water partition coefficient (Wildman–Crippen LogP) is 9.21. The number of carbonyl (C=O) groups is 2. The highest BCUT2D eigenvalue weighted by atomic mass is 35.5. The van der Waals surface area contributed by atoms with Gasteiger partial charge >= 0.3 is 5.97 Å². The van der Waals surface area contributed by atoms with Crippen LogP contribution < -0.4 is 26.4 Å². The largest absolute Gasteiger partial charge is 0.441 e. The summed E-state index contributed by atoms with van der Waals surface area (Å²) in [6.45, 7) is 0.0398. The topological polar surface area (TPSA) is 47.2 Å².